The summed E-state index contributed by atoms with van der Waals surface area (Å²) in [6.45, 7) is 3.07. The van der Waals surface area contributed by atoms with Crippen LogP contribution in [0.3, 0.4) is 0 Å². The third-order valence-corrected chi connectivity index (χ3v) is 14.2. The summed E-state index contributed by atoms with van der Waals surface area (Å²) in [6, 6.07) is 0. The van der Waals surface area contributed by atoms with Crippen LogP contribution in [0.4, 0.5) is 5.82 Å². The third kappa shape index (κ3) is 19.9. The summed E-state index contributed by atoms with van der Waals surface area (Å²) < 4.78 is 51.3. The van der Waals surface area contributed by atoms with Crippen molar-refractivity contribution in [1.29, 1.82) is 0 Å². The van der Waals surface area contributed by atoms with Crippen molar-refractivity contribution < 1.29 is 75.9 Å². The second-order valence-corrected chi connectivity index (χ2v) is 21.0. The number of nitrogens with zero attached hydrogens (tertiary/aromatic N) is 4. The number of nitrogens with one attached hydrogen (secondary N) is 2. The Hall–Kier alpha value is -2.24. The van der Waals surface area contributed by atoms with Crippen LogP contribution in [0.1, 0.15) is 123 Å². The monoisotopic (exact) mass is 989 g/mol. The maximum Gasteiger partial charge on any atom is 0.481 e. The highest BCUT2D eigenvalue weighted by atomic mass is 32.2. The Labute approximate surface area is 378 Å². The summed E-state index contributed by atoms with van der Waals surface area (Å²) in [5, 5.41) is 26.7. The van der Waals surface area contributed by atoms with Crippen molar-refractivity contribution in [3.8, 4) is 0 Å². The number of ether oxygens (including phenoxy) is 1. The normalized spacial score (nSPS) is 20.3. The molecule has 0 aromatic carbocycles. The van der Waals surface area contributed by atoms with E-state index in [1.807, 2.05) is 0 Å². The molecule has 27 heteroatoms. The second-order valence-electron chi connectivity index (χ2n) is 16.0. The van der Waals surface area contributed by atoms with Crippen LogP contribution in [0.2, 0.25) is 0 Å². The summed E-state index contributed by atoms with van der Waals surface area (Å²) in [7, 11) is -14.0. The van der Waals surface area contributed by atoms with E-state index in [2.05, 4.69) is 36.8 Å². The smallest absolute Gasteiger partial charge is 0.386 e. The number of unbranched alkanes of at least 4 members (excludes halogenated alkanes) is 12. The number of nitrogens with two attached hydrogens (primary N) is 1. The van der Waals surface area contributed by atoms with Gasteiger partial charge in [-0.25, -0.2) is 24.1 Å². The number of carbonyl (C=O) groups is 3. The van der Waals surface area contributed by atoms with Crippen LogP contribution < -0.4 is 16.4 Å². The average molecular weight is 990 g/mol. The molecule has 7 atom stereocenters. The number of hydrogen-bond donors (Lipinski definition) is 9. The zero-order valence-electron chi connectivity index (χ0n) is 36.6. The van der Waals surface area contributed by atoms with E-state index in [-0.39, 0.29) is 41.6 Å². The molecule has 23 nitrogen and oxygen atoms in total. The summed E-state index contributed by atoms with van der Waals surface area (Å²) in [5.74, 6) is -0.921. The van der Waals surface area contributed by atoms with E-state index >= 15 is 0 Å². The number of phosphoric acid groups is 2. The van der Waals surface area contributed by atoms with E-state index in [0.717, 1.165) is 37.4 Å². The first-order valence-electron chi connectivity index (χ1n) is 21.4. The van der Waals surface area contributed by atoms with E-state index in [0.29, 0.717) is 12.2 Å². The molecule has 10 N–H and O–H groups in total. The molecule has 3 heterocycles. The molecule has 2 aromatic rings. The minimum absolute atomic E-state index is 0.0106. The van der Waals surface area contributed by atoms with Gasteiger partial charge >= 0.3 is 24.2 Å². The van der Waals surface area contributed by atoms with E-state index in [9.17, 15) is 53.3 Å². The van der Waals surface area contributed by atoms with Crippen molar-refractivity contribution in [2.24, 2.45) is 5.41 Å². The summed E-state index contributed by atoms with van der Waals surface area (Å²) in [5.41, 5.74) is 4.48. The number of aliphatic hydroxyl groups is 2. The molecule has 0 radical (unpaired) electrons. The molecule has 366 valence electrons. The molecule has 0 saturated carbocycles. The van der Waals surface area contributed by atoms with Crippen LogP contribution in [0.5, 0.6) is 0 Å². The molecule has 64 heavy (non-hydrogen) atoms. The molecule has 1 aliphatic rings. The van der Waals surface area contributed by atoms with Crippen molar-refractivity contribution in [2.75, 3.05) is 37.8 Å². The Balaban J connectivity index is 1.31. The quantitative estimate of drug-likeness (QED) is 0.0356. The first-order chi connectivity index (χ1) is 30.3. The number of imidazole rings is 1. The van der Waals surface area contributed by atoms with Gasteiger partial charge in [-0.15, -0.1) is 0 Å². The number of thioether (sulfide) groups is 1. The van der Waals surface area contributed by atoms with Gasteiger partial charge in [0.2, 0.25) is 11.8 Å². The molecule has 1 fully saturated rings. The van der Waals surface area contributed by atoms with E-state index in [1.54, 1.807) is 0 Å². The zero-order valence-corrected chi connectivity index (χ0v) is 40.1. The number of rotatable bonds is 33. The molecular formula is C37H66N7O16P3S. The molecule has 0 bridgehead atoms. The second kappa shape index (κ2) is 28.2. The van der Waals surface area contributed by atoms with Gasteiger partial charge < -0.3 is 55.4 Å². The number of phosphoric ester groups is 2. The number of anilines is 1. The maximum absolute atomic E-state index is 12.7. The maximum atomic E-state index is 12.7. The third-order valence-electron chi connectivity index (χ3n) is 10.2. The Morgan fingerprint density at radius 2 is 1.53 bits per heavy atom. The Morgan fingerprint density at radius 1 is 0.922 bits per heavy atom. The minimum atomic E-state index is -5.48. The summed E-state index contributed by atoms with van der Waals surface area (Å²) >= 11 is 1.16. The van der Waals surface area contributed by atoms with Crippen molar-refractivity contribution >= 4 is 69.9 Å². The van der Waals surface area contributed by atoms with Crippen LogP contribution in [0, 0.1) is 5.41 Å². The minimum Gasteiger partial charge on any atom is -0.386 e. The number of aromatic nitrogens is 4. The molecule has 1 saturated heterocycles. The van der Waals surface area contributed by atoms with Crippen molar-refractivity contribution in [3.63, 3.8) is 0 Å². The number of amides is 2. The molecule has 2 unspecified atom stereocenters. The molecule has 2 amide bonds. The predicted molar refractivity (Wildman–Crippen MR) is 237 cm³/mol. The Bertz CT molecular complexity index is 1850. The average Bonchev–Trinajstić information content (AvgIpc) is 3.79. The lowest BCUT2D eigenvalue weighted by molar-refractivity contribution is -0.137. The van der Waals surface area contributed by atoms with Gasteiger partial charge in [0.05, 0.1) is 19.5 Å². The van der Waals surface area contributed by atoms with Gasteiger partial charge in [0.1, 0.15) is 36.3 Å². The van der Waals surface area contributed by atoms with Crippen LogP contribution in [-0.2, 0) is 46.1 Å². The SMILES string of the molecule is CCCCCCCCCCCCCCCC(=O)SCCNC(=O)CCNC(=O)[C@H](O)C(C)(C)COP(=O)(O)OP(=O)(O)OC[C@H]1O[C@@H](n2cnc3c(N)ncnc32)[C@H](O)[C@@H]1OP(O)O. The van der Waals surface area contributed by atoms with Gasteiger partial charge in [-0.1, -0.05) is 110 Å². The van der Waals surface area contributed by atoms with Crippen molar-refractivity contribution in [2.45, 2.75) is 148 Å². The first kappa shape index (κ1) is 56.1. The molecule has 1 aliphatic heterocycles. The Kier molecular flexibility index (Phi) is 24.7. The lowest BCUT2D eigenvalue weighted by atomic mass is 9.87. The van der Waals surface area contributed by atoms with E-state index in [1.165, 1.54) is 89.0 Å². The van der Waals surface area contributed by atoms with Crippen molar-refractivity contribution in [1.82, 2.24) is 30.2 Å². The molecule has 2 aromatic heterocycles. The first-order valence-corrected chi connectivity index (χ1v) is 26.6. The molecule has 3 rings (SSSR count). The predicted octanol–water partition coefficient (Wildman–Crippen LogP) is 4.26. The lowest BCUT2D eigenvalue weighted by Gasteiger charge is -2.30. The number of nitrogen functional groups attached to an aromatic ring is 1. The van der Waals surface area contributed by atoms with Crippen LogP contribution >= 0.6 is 36.0 Å². The lowest BCUT2D eigenvalue weighted by Crippen LogP contribution is -2.46. The number of aliphatic hydroxyl groups excluding tert-OH is 2. The topological polar surface area (TPSA) is 347 Å². The highest BCUT2D eigenvalue weighted by Gasteiger charge is 2.49. The highest BCUT2D eigenvalue weighted by molar-refractivity contribution is 8.13. The largest absolute Gasteiger partial charge is 0.481 e. The van der Waals surface area contributed by atoms with Gasteiger partial charge in [-0.05, 0) is 6.42 Å². The number of carbonyl (C=O) groups excluding carboxylic acids is 3. The molecule has 0 spiro atoms. The molecular weight excluding hydrogens is 923 g/mol. The van der Waals surface area contributed by atoms with Crippen LogP contribution in [0.15, 0.2) is 12.7 Å². The van der Waals surface area contributed by atoms with E-state index < -0.39 is 85.3 Å². The summed E-state index contributed by atoms with van der Waals surface area (Å²) in [6.07, 6.45) is 10.7. The highest BCUT2D eigenvalue weighted by Crippen LogP contribution is 2.61. The number of fused-ring (bicyclic) bond motifs is 1. The van der Waals surface area contributed by atoms with Gasteiger partial charge in [0.15, 0.2) is 22.8 Å². The van der Waals surface area contributed by atoms with Gasteiger partial charge in [-0.2, -0.15) is 4.31 Å². The van der Waals surface area contributed by atoms with Gasteiger partial charge in [-0.3, -0.25) is 28.0 Å². The number of hydrogen-bond acceptors (Lipinski definition) is 19. The fraction of sp³-hybridized carbons (Fsp3) is 0.784. The van der Waals surface area contributed by atoms with Crippen molar-refractivity contribution in [3.05, 3.63) is 12.7 Å². The zero-order chi connectivity index (χ0) is 47.3. The molecule has 0 aliphatic carbocycles. The van der Waals surface area contributed by atoms with E-state index in [4.69, 9.17) is 24.0 Å². The standard InChI is InChI=1S/C37H66N7O16P3S/c1-4-5-6-7-8-9-10-11-12-13-14-15-16-17-28(46)64-21-20-39-27(45)18-19-40-35(49)32(48)37(2,3)23-57-63(54,55)60-62(52,53)56-22-26-31(59-61(50)51)30(47)36(58-26)44-25-43-29-33(38)41-24-42-34(29)44/h24-26,30-32,36,47-48,50-51H,4-23H2,1-3H3,(H,39,45)(H,40,49)(H,52,53)(H,54,55)(H2,38,41,42)/t26-,30-,31-,32+,36-/m1/s1. The fourth-order valence-electron chi connectivity index (χ4n) is 6.60. The van der Waals surface area contributed by atoms with Gasteiger partial charge in [0, 0.05) is 37.1 Å². The Morgan fingerprint density at radius 3 is 2.16 bits per heavy atom. The van der Waals surface area contributed by atoms with Crippen LogP contribution in [0.25, 0.3) is 11.2 Å². The fourth-order valence-corrected chi connectivity index (χ4v) is 10.1. The van der Waals surface area contributed by atoms with Crippen LogP contribution in [-0.4, -0.2) is 123 Å². The summed E-state index contributed by atoms with van der Waals surface area (Å²) in [4.78, 5) is 88.5. The van der Waals surface area contributed by atoms with Gasteiger partial charge in [0.25, 0.3) is 0 Å².